The van der Waals surface area contributed by atoms with Gasteiger partial charge in [0.1, 0.15) is 5.69 Å². The number of carbonyl (C=O) groups excluding carboxylic acids is 1. The summed E-state index contributed by atoms with van der Waals surface area (Å²) in [5.74, 6) is 1.87. The fourth-order valence-corrected chi connectivity index (χ4v) is 2.72. The number of hydrogen-bond donors (Lipinski definition) is 3. The first kappa shape index (κ1) is 13.9. The van der Waals surface area contributed by atoms with Crippen LogP contribution in [0, 0.1) is 0 Å². The number of amides is 2. The third kappa shape index (κ3) is 2.58. The molecule has 0 saturated heterocycles. The minimum absolute atomic E-state index is 0.224. The first-order valence-corrected chi connectivity index (χ1v) is 7.79. The first-order chi connectivity index (χ1) is 11.3. The number of rotatable bonds is 4. The monoisotopic (exact) mass is 314 g/mol. The number of aromatic amines is 1. The number of urea groups is 1. The summed E-state index contributed by atoms with van der Waals surface area (Å²) in [6, 6.07) is 5.44. The van der Waals surface area contributed by atoms with E-state index in [1.54, 1.807) is 0 Å². The molecule has 3 N–H and O–H groups in total. The largest absolute Gasteiger partial charge is 0.454 e. The second-order valence-corrected chi connectivity index (χ2v) is 5.69. The minimum Gasteiger partial charge on any atom is -0.454 e. The Balaban J connectivity index is 1.71. The molecule has 4 rings (SSSR count). The zero-order valence-electron chi connectivity index (χ0n) is 12.8. The van der Waals surface area contributed by atoms with Gasteiger partial charge in [-0.2, -0.15) is 5.10 Å². The molecule has 2 amide bonds. The number of benzene rings is 1. The van der Waals surface area contributed by atoms with Gasteiger partial charge in [0.15, 0.2) is 11.5 Å². The average Bonchev–Trinajstić information content (AvgIpc) is 3.13. The molecule has 1 saturated carbocycles. The van der Waals surface area contributed by atoms with Crippen molar-refractivity contribution in [2.75, 3.05) is 18.7 Å². The van der Waals surface area contributed by atoms with E-state index in [2.05, 4.69) is 20.8 Å². The maximum atomic E-state index is 12.0. The van der Waals surface area contributed by atoms with Crippen LogP contribution < -0.4 is 20.1 Å². The topological polar surface area (TPSA) is 88.3 Å². The maximum Gasteiger partial charge on any atom is 0.319 e. The number of H-pyrrole nitrogens is 1. The summed E-state index contributed by atoms with van der Waals surface area (Å²) in [6.07, 6.45) is 2.24. The summed E-state index contributed by atoms with van der Waals surface area (Å²) in [6.45, 7) is 2.69. The average molecular weight is 314 g/mol. The summed E-state index contributed by atoms with van der Waals surface area (Å²) >= 11 is 0. The summed E-state index contributed by atoms with van der Waals surface area (Å²) in [4.78, 5) is 12.0. The highest BCUT2D eigenvalue weighted by Gasteiger charge is 2.31. The molecule has 1 aromatic heterocycles. The van der Waals surface area contributed by atoms with E-state index in [9.17, 15) is 4.79 Å². The van der Waals surface area contributed by atoms with Crippen LogP contribution in [0.5, 0.6) is 11.5 Å². The Morgan fingerprint density at radius 2 is 2.17 bits per heavy atom. The van der Waals surface area contributed by atoms with Crippen LogP contribution in [0.25, 0.3) is 11.3 Å². The fraction of sp³-hybridized carbons (Fsp3) is 0.375. The number of nitrogens with zero attached hydrogens (tertiary/aromatic N) is 1. The molecule has 7 nitrogen and oxygen atoms in total. The zero-order chi connectivity index (χ0) is 15.8. The number of anilines is 1. The van der Waals surface area contributed by atoms with Crippen molar-refractivity contribution in [1.29, 1.82) is 0 Å². The Morgan fingerprint density at radius 1 is 1.35 bits per heavy atom. The highest BCUT2D eigenvalue weighted by Crippen LogP contribution is 2.46. The predicted octanol–water partition coefficient (Wildman–Crippen LogP) is 2.82. The van der Waals surface area contributed by atoms with E-state index in [0.717, 1.165) is 41.2 Å². The van der Waals surface area contributed by atoms with E-state index >= 15 is 0 Å². The normalized spacial score (nSPS) is 15.5. The van der Waals surface area contributed by atoms with Crippen molar-refractivity contribution in [2.45, 2.75) is 25.7 Å². The molecule has 0 unspecified atom stereocenters. The zero-order valence-corrected chi connectivity index (χ0v) is 12.8. The van der Waals surface area contributed by atoms with Gasteiger partial charge in [0.25, 0.3) is 0 Å². The van der Waals surface area contributed by atoms with Gasteiger partial charge >= 0.3 is 6.03 Å². The summed E-state index contributed by atoms with van der Waals surface area (Å²) < 4.78 is 10.8. The van der Waals surface area contributed by atoms with Gasteiger partial charge in [-0.05, 0) is 38.0 Å². The number of carbonyl (C=O) groups is 1. The van der Waals surface area contributed by atoms with Gasteiger partial charge in [-0.1, -0.05) is 0 Å². The standard InChI is InChI=1S/C16H18N4O3/c1-2-17-16(21)18-15-13(9-3-4-9)19-20-14(15)10-5-6-11-12(7-10)23-8-22-11/h5-7,9H,2-4,8H2,1H3,(H,19,20)(H2,17,18,21). The molecule has 1 aliphatic heterocycles. The van der Waals surface area contributed by atoms with Crippen LogP contribution in [-0.4, -0.2) is 29.6 Å². The molecule has 1 aromatic carbocycles. The van der Waals surface area contributed by atoms with Crippen LogP contribution in [0.3, 0.4) is 0 Å². The maximum absolute atomic E-state index is 12.0. The van der Waals surface area contributed by atoms with Gasteiger partial charge in [-0.25, -0.2) is 4.79 Å². The molecule has 1 fully saturated rings. The molecule has 120 valence electrons. The lowest BCUT2D eigenvalue weighted by molar-refractivity contribution is 0.174. The van der Waals surface area contributed by atoms with Crippen molar-refractivity contribution in [1.82, 2.24) is 15.5 Å². The van der Waals surface area contributed by atoms with Crippen molar-refractivity contribution in [2.24, 2.45) is 0 Å². The molecule has 0 radical (unpaired) electrons. The summed E-state index contributed by atoms with van der Waals surface area (Å²) in [5, 5.41) is 13.2. The molecule has 2 aliphatic rings. The number of hydrogen-bond acceptors (Lipinski definition) is 4. The molecular weight excluding hydrogens is 296 g/mol. The Labute approximate surface area is 133 Å². The van der Waals surface area contributed by atoms with Crippen molar-refractivity contribution in [3.8, 4) is 22.8 Å². The number of nitrogens with one attached hydrogen (secondary N) is 3. The van der Waals surface area contributed by atoms with Crippen molar-refractivity contribution >= 4 is 11.7 Å². The molecule has 0 spiro atoms. The van der Waals surface area contributed by atoms with Crippen LogP contribution in [0.15, 0.2) is 18.2 Å². The third-order valence-electron chi connectivity index (χ3n) is 4.00. The van der Waals surface area contributed by atoms with Crippen LogP contribution in [0.1, 0.15) is 31.4 Å². The number of fused-ring (bicyclic) bond motifs is 1. The SMILES string of the molecule is CCNC(=O)Nc1c(-c2ccc3c(c2)OCO3)n[nH]c1C1CC1. The lowest BCUT2D eigenvalue weighted by Crippen LogP contribution is -2.28. The molecule has 1 aliphatic carbocycles. The van der Waals surface area contributed by atoms with E-state index in [0.29, 0.717) is 18.2 Å². The van der Waals surface area contributed by atoms with Crippen LogP contribution in [-0.2, 0) is 0 Å². The lowest BCUT2D eigenvalue weighted by Gasteiger charge is -2.09. The molecule has 23 heavy (non-hydrogen) atoms. The molecule has 0 atom stereocenters. The Bertz CT molecular complexity index is 752. The van der Waals surface area contributed by atoms with Crippen LogP contribution >= 0.6 is 0 Å². The quantitative estimate of drug-likeness (QED) is 0.809. The number of aromatic nitrogens is 2. The van der Waals surface area contributed by atoms with Gasteiger partial charge in [-0.3, -0.25) is 5.10 Å². The Hall–Kier alpha value is -2.70. The van der Waals surface area contributed by atoms with Gasteiger partial charge in [0.2, 0.25) is 6.79 Å². The van der Waals surface area contributed by atoms with Crippen molar-refractivity contribution in [3.05, 3.63) is 23.9 Å². The molecule has 7 heteroatoms. The smallest absolute Gasteiger partial charge is 0.319 e. The highest BCUT2D eigenvalue weighted by atomic mass is 16.7. The van der Waals surface area contributed by atoms with Crippen LogP contribution in [0.4, 0.5) is 10.5 Å². The van der Waals surface area contributed by atoms with E-state index in [-0.39, 0.29) is 12.8 Å². The van der Waals surface area contributed by atoms with Crippen molar-refractivity contribution in [3.63, 3.8) is 0 Å². The molecular formula is C16H18N4O3. The first-order valence-electron chi connectivity index (χ1n) is 7.79. The fourth-order valence-electron chi connectivity index (χ4n) is 2.72. The summed E-state index contributed by atoms with van der Waals surface area (Å²) in [7, 11) is 0. The van der Waals surface area contributed by atoms with E-state index in [1.165, 1.54) is 0 Å². The van der Waals surface area contributed by atoms with E-state index in [4.69, 9.17) is 9.47 Å². The van der Waals surface area contributed by atoms with Gasteiger partial charge in [-0.15, -0.1) is 0 Å². The molecule has 0 bridgehead atoms. The van der Waals surface area contributed by atoms with Gasteiger partial charge in [0.05, 0.1) is 11.4 Å². The number of ether oxygens (including phenoxy) is 2. The van der Waals surface area contributed by atoms with Crippen LogP contribution in [0.2, 0.25) is 0 Å². The predicted molar refractivity (Wildman–Crippen MR) is 84.8 cm³/mol. The lowest BCUT2D eigenvalue weighted by atomic mass is 10.1. The summed E-state index contributed by atoms with van der Waals surface area (Å²) in [5.41, 5.74) is 3.34. The third-order valence-corrected chi connectivity index (χ3v) is 4.00. The van der Waals surface area contributed by atoms with E-state index < -0.39 is 0 Å². The Morgan fingerprint density at radius 3 is 2.96 bits per heavy atom. The van der Waals surface area contributed by atoms with Gasteiger partial charge in [0, 0.05) is 18.0 Å². The molecule has 2 aromatic rings. The second kappa shape index (κ2) is 5.49. The molecule has 2 heterocycles. The second-order valence-electron chi connectivity index (χ2n) is 5.69. The highest BCUT2D eigenvalue weighted by molar-refractivity contribution is 5.95. The van der Waals surface area contributed by atoms with Crippen molar-refractivity contribution < 1.29 is 14.3 Å². The van der Waals surface area contributed by atoms with E-state index in [1.807, 2.05) is 25.1 Å². The Kier molecular flexibility index (Phi) is 3.33. The minimum atomic E-state index is -0.224. The van der Waals surface area contributed by atoms with Gasteiger partial charge < -0.3 is 20.1 Å².